The largest absolute Gasteiger partial charge is 0.573 e. The average Bonchev–Trinajstić information content (AvgIpc) is 3.05. The monoisotopic (exact) mass is 695 g/mol. The second-order valence-corrected chi connectivity index (χ2v) is 13.3. The summed E-state index contributed by atoms with van der Waals surface area (Å²) in [4.78, 5) is 21.2. The van der Waals surface area contributed by atoms with Crippen molar-refractivity contribution < 1.29 is 31.1 Å². The van der Waals surface area contributed by atoms with E-state index in [0.717, 1.165) is 23.1 Å². The molecular weight excluding hydrogens is 667 g/mol. The van der Waals surface area contributed by atoms with E-state index >= 15 is 0 Å². The molecular formula is C34H29ClF3N5O4S. The van der Waals surface area contributed by atoms with Crippen molar-refractivity contribution in [1.29, 1.82) is 0 Å². The Morgan fingerprint density at radius 2 is 1.65 bits per heavy atom. The molecule has 0 atom stereocenters. The van der Waals surface area contributed by atoms with Crippen molar-refractivity contribution >= 4 is 49.8 Å². The number of carbonyl (C=O) groups is 1. The van der Waals surface area contributed by atoms with Crippen molar-refractivity contribution in [3.8, 4) is 16.9 Å². The van der Waals surface area contributed by atoms with E-state index < -0.39 is 33.7 Å². The van der Waals surface area contributed by atoms with Crippen molar-refractivity contribution in [1.82, 2.24) is 14.8 Å². The van der Waals surface area contributed by atoms with Gasteiger partial charge in [0.25, 0.3) is 15.9 Å². The number of nitrogens with one attached hydrogen (secondary N) is 1. The average molecular weight is 696 g/mol. The van der Waals surface area contributed by atoms with Crippen LogP contribution >= 0.6 is 11.6 Å². The molecule has 3 N–H and O–H groups in total. The molecule has 1 fully saturated rings. The number of para-hydroxylation sites is 1. The van der Waals surface area contributed by atoms with Gasteiger partial charge in [0.05, 0.1) is 16.1 Å². The van der Waals surface area contributed by atoms with E-state index in [-0.39, 0.29) is 21.7 Å². The number of piperazine rings is 1. The fourth-order valence-electron chi connectivity index (χ4n) is 5.60. The highest BCUT2D eigenvalue weighted by Crippen LogP contribution is 2.37. The summed E-state index contributed by atoms with van der Waals surface area (Å²) >= 11 is 5.97. The molecule has 9 nitrogen and oxygen atoms in total. The summed E-state index contributed by atoms with van der Waals surface area (Å²) in [6.45, 7) is 2.45. The van der Waals surface area contributed by atoms with Crippen LogP contribution in [0, 0.1) is 0 Å². The number of alkyl halides is 3. The van der Waals surface area contributed by atoms with E-state index in [0.29, 0.717) is 48.8 Å². The van der Waals surface area contributed by atoms with Crippen molar-refractivity contribution in [2.24, 2.45) is 0 Å². The Hall–Kier alpha value is -4.85. The van der Waals surface area contributed by atoms with Gasteiger partial charge in [0, 0.05) is 71.7 Å². The van der Waals surface area contributed by atoms with E-state index in [1.807, 2.05) is 24.3 Å². The van der Waals surface area contributed by atoms with Crippen molar-refractivity contribution in [2.75, 3.05) is 36.6 Å². The minimum Gasteiger partial charge on any atom is -0.404 e. The van der Waals surface area contributed by atoms with Gasteiger partial charge in [-0.05, 0) is 60.2 Å². The molecule has 0 aliphatic carbocycles. The van der Waals surface area contributed by atoms with Crippen LogP contribution in [0.4, 0.5) is 24.5 Å². The minimum atomic E-state index is -5.17. The molecule has 5 aromatic rings. The maximum absolute atomic E-state index is 13.8. The SMILES string of the molecule is Nc1ccc(S(=O)(=O)Nc2ccc(C(=O)N3CCN(Cc4ccc(Cl)cc4)CC3)cc2OC(F)(F)F)c(-c2cccc3cccnc23)c1. The molecule has 0 spiro atoms. The number of hydrogen-bond donors (Lipinski definition) is 2. The van der Waals surface area contributed by atoms with Gasteiger partial charge in [0.15, 0.2) is 5.75 Å². The minimum absolute atomic E-state index is 0.0849. The highest BCUT2D eigenvalue weighted by atomic mass is 35.5. The van der Waals surface area contributed by atoms with Crippen LogP contribution in [0.3, 0.4) is 0 Å². The Labute approximate surface area is 279 Å². The lowest BCUT2D eigenvalue weighted by Crippen LogP contribution is -2.48. The van der Waals surface area contributed by atoms with E-state index in [1.165, 1.54) is 29.2 Å². The first-order valence-corrected chi connectivity index (χ1v) is 16.6. The molecule has 2 heterocycles. The lowest BCUT2D eigenvalue weighted by Gasteiger charge is -2.35. The van der Waals surface area contributed by atoms with Gasteiger partial charge in [-0.1, -0.05) is 48.0 Å². The summed E-state index contributed by atoms with van der Waals surface area (Å²) in [7, 11) is -4.53. The number of benzene rings is 4. The summed E-state index contributed by atoms with van der Waals surface area (Å²) in [6, 6.07) is 23.6. The van der Waals surface area contributed by atoms with Gasteiger partial charge in [-0.25, -0.2) is 8.42 Å². The predicted octanol–water partition coefficient (Wildman–Crippen LogP) is 6.79. The summed E-state index contributed by atoms with van der Waals surface area (Å²) in [5.41, 5.74) is 7.94. The molecule has 4 aromatic carbocycles. The molecule has 248 valence electrons. The lowest BCUT2D eigenvalue weighted by molar-refractivity contribution is -0.274. The maximum atomic E-state index is 13.8. The zero-order valence-corrected chi connectivity index (χ0v) is 26.8. The number of nitrogens with two attached hydrogens (primary N) is 1. The number of sulfonamides is 1. The first-order valence-electron chi connectivity index (χ1n) is 14.8. The number of nitrogens with zero attached hydrogens (tertiary/aromatic N) is 3. The third-order valence-electron chi connectivity index (χ3n) is 7.89. The first kappa shape index (κ1) is 33.1. The molecule has 1 aliphatic heterocycles. The third-order valence-corrected chi connectivity index (χ3v) is 9.57. The van der Waals surface area contributed by atoms with Crippen LogP contribution in [-0.4, -0.2) is 61.7 Å². The van der Waals surface area contributed by atoms with Gasteiger partial charge in [0.2, 0.25) is 0 Å². The predicted molar refractivity (Wildman–Crippen MR) is 178 cm³/mol. The number of carbonyl (C=O) groups excluding carboxylic acids is 1. The van der Waals surface area contributed by atoms with Gasteiger partial charge in [0.1, 0.15) is 0 Å². The van der Waals surface area contributed by atoms with Crippen LogP contribution in [0.2, 0.25) is 5.02 Å². The molecule has 14 heteroatoms. The molecule has 6 rings (SSSR count). The number of pyridine rings is 1. The smallest absolute Gasteiger partial charge is 0.404 e. The number of aromatic nitrogens is 1. The molecule has 1 aliphatic rings. The van der Waals surface area contributed by atoms with Crippen LogP contribution < -0.4 is 15.2 Å². The second kappa shape index (κ2) is 13.3. The van der Waals surface area contributed by atoms with Crippen LogP contribution in [0.1, 0.15) is 15.9 Å². The normalized spacial score (nSPS) is 14.2. The van der Waals surface area contributed by atoms with E-state index in [9.17, 15) is 26.4 Å². The zero-order valence-electron chi connectivity index (χ0n) is 25.2. The zero-order chi connectivity index (χ0) is 34.1. The number of ether oxygens (including phenoxy) is 1. The number of nitrogen functional groups attached to an aromatic ring is 1. The van der Waals surface area contributed by atoms with Crippen LogP contribution in [0.15, 0.2) is 102 Å². The first-order chi connectivity index (χ1) is 22.9. The molecule has 0 unspecified atom stereocenters. The van der Waals surface area contributed by atoms with E-state index in [4.69, 9.17) is 17.3 Å². The van der Waals surface area contributed by atoms with E-state index in [2.05, 4.69) is 19.3 Å². The van der Waals surface area contributed by atoms with Crippen LogP contribution in [0.25, 0.3) is 22.0 Å². The Bertz CT molecular complexity index is 2080. The Morgan fingerprint density at radius 3 is 2.38 bits per heavy atom. The van der Waals surface area contributed by atoms with Gasteiger partial charge >= 0.3 is 6.36 Å². The van der Waals surface area contributed by atoms with E-state index in [1.54, 1.807) is 36.5 Å². The maximum Gasteiger partial charge on any atom is 0.573 e. The Morgan fingerprint density at radius 1 is 0.917 bits per heavy atom. The number of fused-ring (bicyclic) bond motifs is 1. The Balaban J connectivity index is 1.26. The van der Waals surface area contributed by atoms with Crippen molar-refractivity contribution in [3.05, 3.63) is 113 Å². The molecule has 0 bridgehead atoms. The van der Waals surface area contributed by atoms with Crippen LogP contribution in [-0.2, 0) is 16.6 Å². The highest BCUT2D eigenvalue weighted by Gasteiger charge is 2.34. The molecule has 0 radical (unpaired) electrons. The molecule has 1 saturated heterocycles. The van der Waals surface area contributed by atoms with Gasteiger partial charge in [-0.3, -0.25) is 19.4 Å². The number of anilines is 2. The number of rotatable bonds is 8. The second-order valence-electron chi connectivity index (χ2n) is 11.2. The summed E-state index contributed by atoms with van der Waals surface area (Å²) in [5, 5.41) is 1.38. The summed E-state index contributed by atoms with van der Waals surface area (Å²) < 4.78 is 74.8. The van der Waals surface area contributed by atoms with Crippen molar-refractivity contribution in [3.63, 3.8) is 0 Å². The Kier molecular flexibility index (Phi) is 9.19. The molecule has 1 aromatic heterocycles. The third kappa shape index (κ3) is 7.48. The fraction of sp³-hybridized carbons (Fsp3) is 0.176. The fourth-order valence-corrected chi connectivity index (χ4v) is 7.00. The topological polar surface area (TPSA) is 118 Å². The van der Waals surface area contributed by atoms with Gasteiger partial charge in [-0.2, -0.15) is 0 Å². The van der Waals surface area contributed by atoms with Gasteiger partial charge in [-0.15, -0.1) is 13.2 Å². The quantitative estimate of drug-likeness (QED) is 0.172. The summed E-state index contributed by atoms with van der Waals surface area (Å²) in [6.07, 6.45) is -3.61. The molecule has 0 saturated carbocycles. The lowest BCUT2D eigenvalue weighted by atomic mass is 10.0. The summed E-state index contributed by atoms with van der Waals surface area (Å²) in [5.74, 6) is -1.38. The van der Waals surface area contributed by atoms with Crippen LogP contribution in [0.5, 0.6) is 5.75 Å². The molecule has 1 amide bonds. The molecule has 48 heavy (non-hydrogen) atoms. The standard InChI is InChI=1S/C34H29ClF3N5O4S/c35-25-9-6-22(7-10-25)21-42-15-17-43(18-16-42)33(44)24-8-12-29(30(19-24)47-34(36,37)38)41-48(45,46)31-13-11-26(39)20-28(31)27-5-1-3-23-4-2-14-40-32(23)27/h1-14,19-20,41H,15-18,21,39H2. The number of amides is 1. The number of halogens is 4. The highest BCUT2D eigenvalue weighted by molar-refractivity contribution is 7.92. The number of hydrogen-bond acceptors (Lipinski definition) is 7. The van der Waals surface area contributed by atoms with Crippen molar-refractivity contribution in [2.45, 2.75) is 17.8 Å². The van der Waals surface area contributed by atoms with Gasteiger partial charge < -0.3 is 15.4 Å².